The van der Waals surface area contributed by atoms with Gasteiger partial charge in [-0.2, -0.15) is 5.10 Å². The summed E-state index contributed by atoms with van der Waals surface area (Å²) in [5.41, 5.74) is 3.51. The van der Waals surface area contributed by atoms with Crippen molar-refractivity contribution in [1.82, 2.24) is 20.1 Å². The third-order valence-corrected chi connectivity index (χ3v) is 6.04. The zero-order chi connectivity index (χ0) is 25.2. The second-order valence-corrected chi connectivity index (χ2v) is 8.71. The summed E-state index contributed by atoms with van der Waals surface area (Å²) in [5.74, 6) is 2.38. The highest BCUT2D eigenvalue weighted by Gasteiger charge is 2.20. The van der Waals surface area contributed by atoms with Crippen molar-refractivity contribution in [3.63, 3.8) is 0 Å². The number of rotatable bonds is 7. The van der Waals surface area contributed by atoms with Crippen LogP contribution in [0, 0.1) is 0 Å². The summed E-state index contributed by atoms with van der Waals surface area (Å²) in [6, 6.07) is 13.1. The highest BCUT2D eigenvalue weighted by atomic mass is 16.6. The molecule has 0 unspecified atom stereocenters. The number of nitrogens with zero attached hydrogens (tertiary/aromatic N) is 3. The summed E-state index contributed by atoms with van der Waals surface area (Å²) in [5, 5.41) is 8.21. The molecule has 1 N–H and O–H groups in total. The largest absolute Gasteiger partial charge is 0.493 e. The Hall–Kier alpha value is -4.27. The van der Waals surface area contributed by atoms with Crippen molar-refractivity contribution in [2.24, 2.45) is 0 Å². The number of amides is 1. The molecule has 5 rings (SSSR count). The maximum atomic E-state index is 13.4. The van der Waals surface area contributed by atoms with E-state index in [2.05, 4.69) is 10.4 Å². The van der Waals surface area contributed by atoms with Gasteiger partial charge in [-0.1, -0.05) is 6.07 Å². The number of nitrogens with one attached hydrogen (secondary N) is 1. The van der Waals surface area contributed by atoms with Gasteiger partial charge in [-0.25, -0.2) is 9.67 Å². The Morgan fingerprint density at radius 2 is 1.81 bits per heavy atom. The Balaban J connectivity index is 1.50. The highest BCUT2D eigenvalue weighted by Crippen LogP contribution is 2.35. The molecule has 2 aromatic heterocycles. The summed E-state index contributed by atoms with van der Waals surface area (Å²) in [4.78, 5) is 18.3. The molecule has 0 fully saturated rings. The number of hydrogen-bond acceptors (Lipinski definition) is 7. The molecule has 4 aromatic rings. The molecular formula is C27H28N4O5. The standard InChI is InChI=1S/C27H28N4O5/c1-16(2)31-26-20(15-29-31)19(27(32)28-14-17-5-7-22(33-3)24(11-17)34-4)13-21(30-26)18-6-8-23-25(12-18)36-10-9-35-23/h5-8,11-13,15-16H,9-10,14H2,1-4H3,(H,28,32). The van der Waals surface area contributed by atoms with E-state index in [1.165, 1.54) is 0 Å². The van der Waals surface area contributed by atoms with E-state index in [1.54, 1.807) is 26.5 Å². The lowest BCUT2D eigenvalue weighted by Crippen LogP contribution is -2.23. The normalized spacial score (nSPS) is 12.6. The smallest absolute Gasteiger partial charge is 0.252 e. The van der Waals surface area contributed by atoms with Crippen LogP contribution in [0.25, 0.3) is 22.3 Å². The number of pyridine rings is 1. The lowest BCUT2D eigenvalue weighted by Gasteiger charge is -2.19. The summed E-state index contributed by atoms with van der Waals surface area (Å²) in [7, 11) is 3.17. The van der Waals surface area contributed by atoms with Gasteiger partial charge < -0.3 is 24.3 Å². The van der Waals surface area contributed by atoms with E-state index in [-0.39, 0.29) is 11.9 Å². The third kappa shape index (κ3) is 4.39. The molecule has 9 heteroatoms. The minimum atomic E-state index is -0.223. The molecule has 1 aliphatic rings. The molecule has 0 bridgehead atoms. The van der Waals surface area contributed by atoms with Crippen molar-refractivity contribution < 1.29 is 23.7 Å². The molecular weight excluding hydrogens is 460 g/mol. The molecule has 0 saturated carbocycles. The number of aromatic nitrogens is 3. The van der Waals surface area contributed by atoms with Gasteiger partial charge in [-0.05, 0) is 55.8 Å². The van der Waals surface area contributed by atoms with Gasteiger partial charge in [0.25, 0.3) is 5.91 Å². The van der Waals surface area contributed by atoms with Crippen molar-refractivity contribution in [3.8, 4) is 34.3 Å². The second-order valence-electron chi connectivity index (χ2n) is 8.71. The molecule has 0 atom stereocenters. The lowest BCUT2D eigenvalue weighted by molar-refractivity contribution is 0.0952. The van der Waals surface area contributed by atoms with Crippen LogP contribution in [-0.2, 0) is 6.54 Å². The van der Waals surface area contributed by atoms with Crippen LogP contribution < -0.4 is 24.3 Å². The predicted molar refractivity (Wildman–Crippen MR) is 135 cm³/mol. The molecule has 0 spiro atoms. The molecule has 186 valence electrons. The minimum Gasteiger partial charge on any atom is -0.493 e. The monoisotopic (exact) mass is 488 g/mol. The first-order valence-electron chi connectivity index (χ1n) is 11.8. The van der Waals surface area contributed by atoms with Gasteiger partial charge in [0.1, 0.15) is 13.2 Å². The van der Waals surface area contributed by atoms with Crippen LogP contribution in [0.5, 0.6) is 23.0 Å². The average Bonchev–Trinajstić information content (AvgIpc) is 3.35. The zero-order valence-corrected chi connectivity index (χ0v) is 20.7. The summed E-state index contributed by atoms with van der Waals surface area (Å²) < 4.78 is 23.9. The highest BCUT2D eigenvalue weighted by molar-refractivity contribution is 6.06. The third-order valence-electron chi connectivity index (χ3n) is 6.04. The Morgan fingerprint density at radius 3 is 2.56 bits per heavy atom. The van der Waals surface area contributed by atoms with Crippen LogP contribution in [0.15, 0.2) is 48.7 Å². The van der Waals surface area contributed by atoms with Gasteiger partial charge in [0, 0.05) is 18.2 Å². The van der Waals surface area contributed by atoms with Crippen LogP contribution in [0.2, 0.25) is 0 Å². The van der Waals surface area contributed by atoms with Gasteiger partial charge in [-0.15, -0.1) is 0 Å². The molecule has 9 nitrogen and oxygen atoms in total. The van der Waals surface area contributed by atoms with Crippen molar-refractivity contribution in [2.75, 3.05) is 27.4 Å². The number of methoxy groups -OCH3 is 2. The van der Waals surface area contributed by atoms with Crippen molar-refractivity contribution in [2.45, 2.75) is 26.4 Å². The maximum Gasteiger partial charge on any atom is 0.252 e. The topological polar surface area (TPSA) is 96.7 Å². The summed E-state index contributed by atoms with van der Waals surface area (Å²) in [6.45, 7) is 5.39. The van der Waals surface area contributed by atoms with Crippen LogP contribution in [0.1, 0.15) is 35.8 Å². The van der Waals surface area contributed by atoms with Gasteiger partial charge in [0.2, 0.25) is 0 Å². The number of ether oxygens (including phenoxy) is 4. The lowest BCUT2D eigenvalue weighted by atomic mass is 10.1. The van der Waals surface area contributed by atoms with E-state index in [4.69, 9.17) is 23.9 Å². The molecule has 0 aliphatic carbocycles. The molecule has 2 aromatic carbocycles. The number of carbonyl (C=O) groups is 1. The Morgan fingerprint density at radius 1 is 1.03 bits per heavy atom. The number of carbonyl (C=O) groups excluding carboxylic acids is 1. The quantitative estimate of drug-likeness (QED) is 0.412. The van der Waals surface area contributed by atoms with Gasteiger partial charge in [-0.3, -0.25) is 4.79 Å². The molecule has 3 heterocycles. The summed E-state index contributed by atoms with van der Waals surface area (Å²) >= 11 is 0. The molecule has 0 radical (unpaired) electrons. The fourth-order valence-corrected chi connectivity index (χ4v) is 4.20. The Bertz CT molecular complexity index is 1430. The van der Waals surface area contributed by atoms with Gasteiger partial charge in [0.15, 0.2) is 28.6 Å². The van der Waals surface area contributed by atoms with Gasteiger partial charge >= 0.3 is 0 Å². The van der Waals surface area contributed by atoms with E-state index in [9.17, 15) is 4.79 Å². The van der Waals surface area contributed by atoms with Crippen LogP contribution >= 0.6 is 0 Å². The number of benzene rings is 2. The first kappa shape index (κ1) is 23.5. The molecule has 0 saturated heterocycles. The number of hydrogen-bond donors (Lipinski definition) is 1. The predicted octanol–water partition coefficient (Wildman–Crippen LogP) is 4.40. The van der Waals surface area contributed by atoms with Crippen LogP contribution in [-0.4, -0.2) is 48.1 Å². The van der Waals surface area contributed by atoms with Crippen LogP contribution in [0.4, 0.5) is 0 Å². The first-order chi connectivity index (χ1) is 17.5. The molecule has 1 aliphatic heterocycles. The fraction of sp³-hybridized carbons (Fsp3) is 0.296. The first-order valence-corrected chi connectivity index (χ1v) is 11.8. The average molecular weight is 489 g/mol. The van der Waals surface area contributed by atoms with Crippen molar-refractivity contribution in [3.05, 3.63) is 59.8 Å². The van der Waals surface area contributed by atoms with E-state index >= 15 is 0 Å². The van der Waals surface area contributed by atoms with E-state index in [1.807, 2.05) is 54.9 Å². The minimum absolute atomic E-state index is 0.0770. The zero-order valence-electron chi connectivity index (χ0n) is 20.7. The van der Waals surface area contributed by atoms with Crippen molar-refractivity contribution in [1.29, 1.82) is 0 Å². The van der Waals surface area contributed by atoms with Crippen molar-refractivity contribution >= 4 is 16.9 Å². The van der Waals surface area contributed by atoms with Gasteiger partial charge in [0.05, 0.1) is 37.1 Å². The number of fused-ring (bicyclic) bond motifs is 2. The van der Waals surface area contributed by atoms with E-state index < -0.39 is 0 Å². The Labute approximate surface area is 208 Å². The van der Waals surface area contributed by atoms with E-state index in [0.717, 1.165) is 11.1 Å². The second kappa shape index (κ2) is 9.77. The maximum absolute atomic E-state index is 13.4. The molecule has 1 amide bonds. The summed E-state index contributed by atoms with van der Waals surface area (Å²) in [6.07, 6.45) is 1.70. The van der Waals surface area contributed by atoms with Crippen LogP contribution in [0.3, 0.4) is 0 Å². The SMILES string of the molecule is COc1ccc(CNC(=O)c2cc(-c3ccc4c(c3)OCCO4)nc3c2cnn3C(C)C)cc1OC. The molecule has 36 heavy (non-hydrogen) atoms. The Kier molecular flexibility index (Phi) is 6.37. The fourth-order valence-electron chi connectivity index (χ4n) is 4.20. The van der Waals surface area contributed by atoms with E-state index in [0.29, 0.717) is 65.0 Å².